The van der Waals surface area contributed by atoms with Gasteiger partial charge in [-0.05, 0) is 63.7 Å². The van der Waals surface area contributed by atoms with Crippen LogP contribution in [0.2, 0.25) is 0 Å². The zero-order chi connectivity index (χ0) is 18.2. The molecular weight excluding hydrogens is 402 g/mol. The Balaban J connectivity index is 1.97. The molecule has 0 radical (unpaired) electrons. The van der Waals surface area contributed by atoms with E-state index in [0.717, 1.165) is 15.6 Å². The number of carbonyl (C=O) groups is 1. The maximum atomic E-state index is 12.0. The second kappa shape index (κ2) is 9.53. The first-order valence-corrected chi connectivity index (χ1v) is 9.59. The number of rotatable bonds is 7. The van der Waals surface area contributed by atoms with Crippen LogP contribution in [0.3, 0.4) is 0 Å². The van der Waals surface area contributed by atoms with E-state index < -0.39 is 0 Å². The lowest BCUT2D eigenvalue weighted by atomic mass is 10.2. The van der Waals surface area contributed by atoms with E-state index in [-0.39, 0.29) is 5.91 Å². The lowest BCUT2D eigenvalue weighted by Crippen LogP contribution is -2.20. The van der Waals surface area contributed by atoms with Gasteiger partial charge in [-0.15, -0.1) is 11.8 Å². The Kier molecular flexibility index (Phi) is 7.40. The number of halogens is 1. The number of benzene rings is 2. The molecular formula is C19H20BrNO3S. The van der Waals surface area contributed by atoms with Crippen LogP contribution in [-0.4, -0.2) is 26.4 Å². The molecule has 25 heavy (non-hydrogen) atoms. The predicted molar refractivity (Wildman–Crippen MR) is 106 cm³/mol. The summed E-state index contributed by atoms with van der Waals surface area (Å²) in [4.78, 5) is 13.2. The smallest absolute Gasteiger partial charge is 0.244 e. The Hall–Kier alpha value is -1.92. The summed E-state index contributed by atoms with van der Waals surface area (Å²) in [7, 11) is 3.16. The molecule has 1 amide bonds. The first-order chi connectivity index (χ1) is 12.1. The third-order valence-corrected chi connectivity index (χ3v) is 4.84. The van der Waals surface area contributed by atoms with Gasteiger partial charge in [0.25, 0.3) is 0 Å². The second-order valence-corrected chi connectivity index (χ2v) is 6.87. The van der Waals surface area contributed by atoms with Gasteiger partial charge in [0, 0.05) is 17.5 Å². The molecule has 0 spiro atoms. The number of hydrogen-bond donors (Lipinski definition) is 1. The van der Waals surface area contributed by atoms with E-state index in [4.69, 9.17) is 9.47 Å². The zero-order valence-electron chi connectivity index (χ0n) is 14.3. The lowest BCUT2D eigenvalue weighted by Gasteiger charge is -2.12. The highest BCUT2D eigenvalue weighted by molar-refractivity contribution is 9.10. The summed E-state index contributed by atoms with van der Waals surface area (Å²) >= 11 is 5.13. The van der Waals surface area contributed by atoms with E-state index in [2.05, 4.69) is 21.2 Å². The standard InChI is InChI=1S/C19H20BrNO3S/c1-23-17-11-14(10-16(20)19(17)24-2)12-21-18(22)9-6-13-4-7-15(25-3)8-5-13/h4-11H,12H2,1-3H3,(H,21,22)/b9-6+. The van der Waals surface area contributed by atoms with Crippen molar-refractivity contribution in [3.63, 3.8) is 0 Å². The zero-order valence-corrected chi connectivity index (χ0v) is 16.7. The van der Waals surface area contributed by atoms with Crippen molar-refractivity contribution in [3.05, 3.63) is 58.1 Å². The summed E-state index contributed by atoms with van der Waals surface area (Å²) < 4.78 is 11.4. The van der Waals surface area contributed by atoms with Crippen LogP contribution in [0.5, 0.6) is 11.5 Å². The van der Waals surface area contributed by atoms with Gasteiger partial charge in [0.15, 0.2) is 11.5 Å². The van der Waals surface area contributed by atoms with Gasteiger partial charge in [-0.25, -0.2) is 0 Å². The van der Waals surface area contributed by atoms with Gasteiger partial charge in [-0.3, -0.25) is 4.79 Å². The van der Waals surface area contributed by atoms with Crippen molar-refractivity contribution in [2.45, 2.75) is 11.4 Å². The van der Waals surface area contributed by atoms with Crippen molar-refractivity contribution in [2.75, 3.05) is 20.5 Å². The van der Waals surface area contributed by atoms with Gasteiger partial charge in [0.05, 0.1) is 18.7 Å². The largest absolute Gasteiger partial charge is 0.493 e. The second-order valence-electron chi connectivity index (χ2n) is 5.14. The number of thioether (sulfide) groups is 1. The maximum Gasteiger partial charge on any atom is 0.244 e. The van der Waals surface area contributed by atoms with Gasteiger partial charge < -0.3 is 14.8 Å². The van der Waals surface area contributed by atoms with E-state index in [1.54, 1.807) is 32.1 Å². The summed E-state index contributed by atoms with van der Waals surface area (Å²) in [6, 6.07) is 11.8. The highest BCUT2D eigenvalue weighted by atomic mass is 79.9. The molecule has 0 aromatic heterocycles. The van der Waals surface area contributed by atoms with Crippen LogP contribution in [0.25, 0.3) is 6.08 Å². The minimum Gasteiger partial charge on any atom is -0.493 e. The molecule has 0 atom stereocenters. The van der Waals surface area contributed by atoms with Crippen LogP contribution >= 0.6 is 27.7 Å². The van der Waals surface area contributed by atoms with Gasteiger partial charge in [-0.1, -0.05) is 12.1 Å². The van der Waals surface area contributed by atoms with E-state index in [0.29, 0.717) is 18.0 Å². The number of nitrogens with one attached hydrogen (secondary N) is 1. The van der Waals surface area contributed by atoms with Gasteiger partial charge in [0.2, 0.25) is 5.91 Å². The molecule has 0 unspecified atom stereocenters. The van der Waals surface area contributed by atoms with Crippen LogP contribution in [-0.2, 0) is 11.3 Å². The Morgan fingerprint density at radius 2 is 1.92 bits per heavy atom. The Morgan fingerprint density at radius 3 is 2.52 bits per heavy atom. The van der Waals surface area contributed by atoms with Crippen molar-refractivity contribution >= 4 is 39.7 Å². The Bertz CT molecular complexity index is 760. The van der Waals surface area contributed by atoms with Crippen molar-refractivity contribution < 1.29 is 14.3 Å². The highest BCUT2D eigenvalue weighted by Crippen LogP contribution is 2.36. The molecule has 6 heteroatoms. The SMILES string of the molecule is COc1cc(CNC(=O)/C=C/c2ccc(SC)cc2)cc(Br)c1OC. The summed E-state index contributed by atoms with van der Waals surface area (Å²) in [6.45, 7) is 0.396. The van der Waals surface area contributed by atoms with Crippen molar-refractivity contribution in [1.82, 2.24) is 5.32 Å². The number of carbonyl (C=O) groups excluding carboxylic acids is 1. The molecule has 0 aliphatic heterocycles. The molecule has 0 bridgehead atoms. The molecule has 0 heterocycles. The quantitative estimate of drug-likeness (QED) is 0.527. The number of amides is 1. The highest BCUT2D eigenvalue weighted by Gasteiger charge is 2.10. The predicted octanol–water partition coefficient (Wildman–Crippen LogP) is 4.52. The van der Waals surface area contributed by atoms with Crippen LogP contribution in [0.4, 0.5) is 0 Å². The molecule has 4 nitrogen and oxygen atoms in total. The van der Waals surface area contributed by atoms with Gasteiger partial charge in [0.1, 0.15) is 0 Å². The molecule has 1 N–H and O–H groups in total. The van der Waals surface area contributed by atoms with E-state index in [1.165, 1.54) is 11.0 Å². The van der Waals surface area contributed by atoms with Crippen LogP contribution in [0.15, 0.2) is 51.8 Å². The minimum absolute atomic E-state index is 0.153. The Morgan fingerprint density at radius 1 is 1.20 bits per heavy atom. The fraction of sp³-hybridized carbons (Fsp3) is 0.211. The lowest BCUT2D eigenvalue weighted by molar-refractivity contribution is -0.116. The third-order valence-electron chi connectivity index (χ3n) is 3.50. The van der Waals surface area contributed by atoms with E-state index in [1.807, 2.05) is 42.7 Å². The van der Waals surface area contributed by atoms with Crippen LogP contribution in [0.1, 0.15) is 11.1 Å². The fourth-order valence-corrected chi connectivity index (χ4v) is 3.27. The monoisotopic (exact) mass is 421 g/mol. The summed E-state index contributed by atoms with van der Waals surface area (Å²) in [5.74, 6) is 1.09. The summed E-state index contributed by atoms with van der Waals surface area (Å²) in [5, 5.41) is 2.86. The molecule has 0 aliphatic rings. The number of hydrogen-bond acceptors (Lipinski definition) is 4. The number of methoxy groups -OCH3 is 2. The fourth-order valence-electron chi connectivity index (χ4n) is 2.21. The summed E-state index contributed by atoms with van der Waals surface area (Å²) in [5.41, 5.74) is 1.90. The molecule has 2 aromatic carbocycles. The van der Waals surface area contributed by atoms with E-state index >= 15 is 0 Å². The minimum atomic E-state index is -0.153. The average molecular weight is 422 g/mol. The van der Waals surface area contributed by atoms with Gasteiger partial charge in [-0.2, -0.15) is 0 Å². The first-order valence-electron chi connectivity index (χ1n) is 7.57. The molecule has 0 fully saturated rings. The average Bonchev–Trinajstić information content (AvgIpc) is 2.64. The number of ether oxygens (including phenoxy) is 2. The van der Waals surface area contributed by atoms with Crippen LogP contribution in [0, 0.1) is 0 Å². The maximum absolute atomic E-state index is 12.0. The Labute approximate surface area is 160 Å². The van der Waals surface area contributed by atoms with Crippen molar-refractivity contribution in [1.29, 1.82) is 0 Å². The molecule has 0 saturated carbocycles. The molecule has 0 saturated heterocycles. The molecule has 2 rings (SSSR count). The molecule has 0 aliphatic carbocycles. The van der Waals surface area contributed by atoms with Crippen molar-refractivity contribution in [2.24, 2.45) is 0 Å². The van der Waals surface area contributed by atoms with E-state index in [9.17, 15) is 4.79 Å². The first kappa shape index (κ1) is 19.4. The molecule has 2 aromatic rings. The van der Waals surface area contributed by atoms with Gasteiger partial charge >= 0.3 is 0 Å². The summed E-state index contributed by atoms with van der Waals surface area (Å²) in [6.07, 6.45) is 5.36. The van der Waals surface area contributed by atoms with Crippen LogP contribution < -0.4 is 14.8 Å². The van der Waals surface area contributed by atoms with Crippen molar-refractivity contribution in [3.8, 4) is 11.5 Å². The third kappa shape index (κ3) is 5.54. The topological polar surface area (TPSA) is 47.6 Å². The molecule has 132 valence electrons. The normalized spacial score (nSPS) is 10.7.